The second-order valence-electron chi connectivity index (χ2n) is 6.01. The van der Waals surface area contributed by atoms with E-state index in [0.717, 1.165) is 36.4 Å². The number of hydrogen-bond acceptors (Lipinski definition) is 2. The molecule has 0 aromatic heterocycles. The molecule has 0 saturated carbocycles. The van der Waals surface area contributed by atoms with Crippen LogP contribution in [0, 0.1) is 5.92 Å². The molecule has 1 unspecified atom stereocenters. The number of rotatable bonds is 5. The molecule has 0 spiro atoms. The normalized spacial score (nSPS) is 18.5. The average Bonchev–Trinajstić information content (AvgIpc) is 2.57. The van der Waals surface area contributed by atoms with Crippen LogP contribution in [0.15, 0.2) is 24.3 Å². The lowest BCUT2D eigenvalue weighted by atomic mass is 9.86. The lowest BCUT2D eigenvalue weighted by Gasteiger charge is -2.22. The molecule has 1 aromatic carbocycles. The van der Waals surface area contributed by atoms with Gasteiger partial charge in [0.2, 0.25) is 5.91 Å². The third-order valence-electron chi connectivity index (χ3n) is 4.12. The largest absolute Gasteiger partial charge is 0.311 e. The number of para-hydroxylation sites is 1. The molecule has 1 heterocycles. The summed E-state index contributed by atoms with van der Waals surface area (Å²) in [5, 5.41) is 0. The zero-order valence-corrected chi connectivity index (χ0v) is 12.9. The van der Waals surface area contributed by atoms with Crippen LogP contribution in [-0.4, -0.2) is 18.2 Å². The molecule has 3 heteroatoms. The summed E-state index contributed by atoms with van der Waals surface area (Å²) in [5.74, 6) is 1.75. The fourth-order valence-corrected chi connectivity index (χ4v) is 3.18. The molecule has 1 amide bonds. The maximum absolute atomic E-state index is 12.6. The highest BCUT2D eigenvalue weighted by molar-refractivity contribution is 7.80. The van der Waals surface area contributed by atoms with Gasteiger partial charge in [0.25, 0.3) is 0 Å². The van der Waals surface area contributed by atoms with E-state index < -0.39 is 0 Å². The Labute approximate surface area is 121 Å². The summed E-state index contributed by atoms with van der Waals surface area (Å²) in [4.78, 5) is 14.5. The Balaban J connectivity index is 2.16. The van der Waals surface area contributed by atoms with E-state index in [1.54, 1.807) is 0 Å². The van der Waals surface area contributed by atoms with Crippen molar-refractivity contribution in [2.75, 3.05) is 17.2 Å². The lowest BCUT2D eigenvalue weighted by molar-refractivity contribution is -0.122. The van der Waals surface area contributed by atoms with Crippen LogP contribution < -0.4 is 4.90 Å². The van der Waals surface area contributed by atoms with Gasteiger partial charge in [0.05, 0.1) is 5.41 Å². The van der Waals surface area contributed by atoms with Gasteiger partial charge in [-0.2, -0.15) is 12.6 Å². The number of fused-ring (bicyclic) bond motifs is 1. The van der Waals surface area contributed by atoms with E-state index in [4.69, 9.17) is 0 Å². The average molecular weight is 277 g/mol. The second kappa shape index (κ2) is 5.58. The number of carbonyl (C=O) groups is 1. The summed E-state index contributed by atoms with van der Waals surface area (Å²) in [7, 11) is 0. The maximum atomic E-state index is 12.6. The van der Waals surface area contributed by atoms with Crippen LogP contribution in [-0.2, 0) is 10.2 Å². The summed E-state index contributed by atoms with van der Waals surface area (Å²) in [5.41, 5.74) is 1.86. The first-order chi connectivity index (χ1) is 8.98. The quantitative estimate of drug-likeness (QED) is 0.814. The molecule has 1 aliphatic heterocycles. The molecular weight excluding hydrogens is 254 g/mol. The van der Waals surface area contributed by atoms with E-state index >= 15 is 0 Å². The standard InChI is InChI=1S/C16H23NOS/c1-12(9-11-19)8-10-17-14-7-5-4-6-13(14)16(2,3)15(17)18/h4-7,12,19H,8-11H2,1-3H3. The summed E-state index contributed by atoms with van der Waals surface area (Å²) in [6.07, 6.45) is 2.15. The van der Waals surface area contributed by atoms with Crippen LogP contribution in [0.25, 0.3) is 0 Å². The minimum absolute atomic E-state index is 0.228. The fraction of sp³-hybridized carbons (Fsp3) is 0.562. The molecule has 19 heavy (non-hydrogen) atoms. The van der Waals surface area contributed by atoms with Gasteiger partial charge in [0.15, 0.2) is 0 Å². The highest BCUT2D eigenvalue weighted by Gasteiger charge is 2.43. The topological polar surface area (TPSA) is 20.3 Å². The number of thiol groups is 1. The highest BCUT2D eigenvalue weighted by Crippen LogP contribution is 2.41. The van der Waals surface area contributed by atoms with Crippen LogP contribution in [0.1, 0.15) is 39.2 Å². The third-order valence-corrected chi connectivity index (χ3v) is 4.37. The Morgan fingerprint density at radius 2 is 1.95 bits per heavy atom. The molecular formula is C16H23NOS. The number of nitrogens with zero attached hydrogens (tertiary/aromatic N) is 1. The van der Waals surface area contributed by atoms with E-state index in [1.807, 2.05) is 30.9 Å². The van der Waals surface area contributed by atoms with Crippen LogP contribution in [0.4, 0.5) is 5.69 Å². The smallest absolute Gasteiger partial charge is 0.237 e. The SMILES string of the molecule is CC(CCS)CCN1C(=O)C(C)(C)c2ccccc21. The third kappa shape index (κ3) is 2.66. The molecule has 0 saturated heterocycles. The maximum Gasteiger partial charge on any atom is 0.237 e. The van der Waals surface area contributed by atoms with Crippen molar-refractivity contribution < 1.29 is 4.79 Å². The van der Waals surface area contributed by atoms with Crippen molar-refractivity contribution in [2.24, 2.45) is 5.92 Å². The van der Waals surface area contributed by atoms with Gasteiger partial charge in [0.1, 0.15) is 0 Å². The predicted octanol–water partition coefficient (Wildman–Crippen LogP) is 3.66. The first kappa shape index (κ1) is 14.4. The number of anilines is 1. The zero-order valence-electron chi connectivity index (χ0n) is 12.0. The van der Waals surface area contributed by atoms with Crippen LogP contribution in [0.2, 0.25) is 0 Å². The van der Waals surface area contributed by atoms with Crippen LogP contribution in [0.3, 0.4) is 0 Å². The predicted molar refractivity (Wildman–Crippen MR) is 84.1 cm³/mol. The summed E-state index contributed by atoms with van der Waals surface area (Å²) in [6.45, 7) is 7.08. The van der Waals surface area contributed by atoms with Gasteiger partial charge in [0, 0.05) is 12.2 Å². The Morgan fingerprint density at radius 3 is 2.63 bits per heavy atom. The van der Waals surface area contributed by atoms with Gasteiger partial charge >= 0.3 is 0 Å². The van der Waals surface area contributed by atoms with Gasteiger partial charge < -0.3 is 4.90 Å². The summed E-state index contributed by atoms with van der Waals surface area (Å²) >= 11 is 4.27. The number of amides is 1. The Kier molecular flexibility index (Phi) is 4.24. The van der Waals surface area contributed by atoms with Gasteiger partial charge in [-0.1, -0.05) is 25.1 Å². The molecule has 2 rings (SSSR count). The number of benzene rings is 1. The summed E-state index contributed by atoms with van der Waals surface area (Å²) < 4.78 is 0. The molecule has 104 valence electrons. The first-order valence-corrected chi connectivity index (χ1v) is 7.64. The molecule has 0 aliphatic carbocycles. The van der Waals surface area contributed by atoms with E-state index in [9.17, 15) is 4.79 Å². The van der Waals surface area contributed by atoms with Crippen LogP contribution >= 0.6 is 12.6 Å². The molecule has 2 nitrogen and oxygen atoms in total. The molecule has 0 radical (unpaired) electrons. The van der Waals surface area contributed by atoms with Crippen molar-refractivity contribution >= 4 is 24.2 Å². The zero-order chi connectivity index (χ0) is 14.0. The van der Waals surface area contributed by atoms with Crippen molar-refractivity contribution in [1.29, 1.82) is 0 Å². The monoisotopic (exact) mass is 277 g/mol. The minimum atomic E-state index is -0.386. The molecule has 1 aliphatic rings. The van der Waals surface area contributed by atoms with Gasteiger partial charge in [-0.3, -0.25) is 4.79 Å². The lowest BCUT2D eigenvalue weighted by Crippen LogP contribution is -2.37. The van der Waals surface area contributed by atoms with E-state index in [1.165, 1.54) is 0 Å². The summed E-state index contributed by atoms with van der Waals surface area (Å²) in [6, 6.07) is 8.16. The van der Waals surface area contributed by atoms with Gasteiger partial charge in [-0.15, -0.1) is 0 Å². The Bertz CT molecular complexity index is 470. The molecule has 0 N–H and O–H groups in total. The van der Waals surface area contributed by atoms with Gasteiger partial charge in [-0.25, -0.2) is 0 Å². The van der Waals surface area contributed by atoms with Crippen LogP contribution in [0.5, 0.6) is 0 Å². The van der Waals surface area contributed by atoms with E-state index in [0.29, 0.717) is 5.92 Å². The Morgan fingerprint density at radius 1 is 1.26 bits per heavy atom. The van der Waals surface area contributed by atoms with Crippen molar-refractivity contribution in [3.63, 3.8) is 0 Å². The molecule has 0 fully saturated rings. The van der Waals surface area contributed by atoms with E-state index in [-0.39, 0.29) is 11.3 Å². The van der Waals surface area contributed by atoms with Crippen molar-refractivity contribution in [3.8, 4) is 0 Å². The van der Waals surface area contributed by atoms with Crippen molar-refractivity contribution in [1.82, 2.24) is 0 Å². The minimum Gasteiger partial charge on any atom is -0.311 e. The fourth-order valence-electron chi connectivity index (χ4n) is 2.74. The number of hydrogen-bond donors (Lipinski definition) is 1. The highest BCUT2D eigenvalue weighted by atomic mass is 32.1. The number of carbonyl (C=O) groups excluding carboxylic acids is 1. The molecule has 1 aromatic rings. The van der Waals surface area contributed by atoms with Crippen molar-refractivity contribution in [2.45, 2.75) is 39.0 Å². The van der Waals surface area contributed by atoms with E-state index in [2.05, 4.69) is 31.7 Å². The first-order valence-electron chi connectivity index (χ1n) is 7.00. The van der Waals surface area contributed by atoms with Gasteiger partial charge in [-0.05, 0) is 50.0 Å². The second-order valence-corrected chi connectivity index (χ2v) is 6.45. The molecule has 1 atom stereocenters. The van der Waals surface area contributed by atoms with Crippen molar-refractivity contribution in [3.05, 3.63) is 29.8 Å². The Hall–Kier alpha value is -0.960. The molecule has 0 bridgehead atoms.